The molecule has 0 spiro atoms. The molecule has 1 aromatic carbocycles. The third-order valence-electron chi connectivity index (χ3n) is 6.43. The predicted molar refractivity (Wildman–Crippen MR) is 141 cm³/mol. The van der Waals surface area contributed by atoms with E-state index in [0.29, 0.717) is 41.2 Å². The number of carbonyl (C=O) groups excluding carboxylic acids is 3. The molecule has 9 nitrogen and oxygen atoms in total. The fourth-order valence-electron chi connectivity index (χ4n) is 4.28. The first-order valence-electron chi connectivity index (χ1n) is 12.2. The van der Waals surface area contributed by atoms with E-state index in [-0.39, 0.29) is 30.8 Å². The minimum absolute atomic E-state index is 0.204. The van der Waals surface area contributed by atoms with Crippen molar-refractivity contribution in [3.63, 3.8) is 0 Å². The molecule has 0 bridgehead atoms. The lowest BCUT2D eigenvalue weighted by Gasteiger charge is -2.27. The molecule has 0 radical (unpaired) electrons. The first-order chi connectivity index (χ1) is 17.4. The van der Waals surface area contributed by atoms with Gasteiger partial charge in [-0.1, -0.05) is 17.7 Å². The summed E-state index contributed by atoms with van der Waals surface area (Å²) >= 11 is 7.13. The van der Waals surface area contributed by atoms with Crippen LogP contribution in [0.2, 0.25) is 4.34 Å². The number of thiophene rings is 1. The van der Waals surface area contributed by atoms with Crippen molar-refractivity contribution in [3.8, 4) is 0 Å². The Morgan fingerprint density at radius 1 is 1.06 bits per heavy atom. The van der Waals surface area contributed by atoms with Crippen molar-refractivity contribution < 1.29 is 19.1 Å². The molecule has 0 saturated carbocycles. The Morgan fingerprint density at radius 2 is 1.81 bits per heavy atom. The SMILES string of the molecule is CN1CCc2ccc(NC(=O)[C@@H](CCNC(=O)N3CCOCC3)NC(=O)c3ccc(Cl)s3)cc2CC1. The van der Waals surface area contributed by atoms with Gasteiger partial charge in [-0.05, 0) is 61.7 Å². The van der Waals surface area contributed by atoms with Crippen LogP contribution in [0.3, 0.4) is 0 Å². The second-order valence-electron chi connectivity index (χ2n) is 9.03. The summed E-state index contributed by atoms with van der Waals surface area (Å²) in [6.07, 6.45) is 2.13. The second kappa shape index (κ2) is 12.5. The number of hydrogen-bond acceptors (Lipinski definition) is 6. The molecule has 2 aliphatic heterocycles. The van der Waals surface area contributed by atoms with Gasteiger partial charge in [-0.25, -0.2) is 4.79 Å². The number of nitrogens with one attached hydrogen (secondary N) is 3. The van der Waals surface area contributed by atoms with Gasteiger partial charge in [-0.3, -0.25) is 9.59 Å². The van der Waals surface area contributed by atoms with E-state index >= 15 is 0 Å². The molecule has 3 heterocycles. The number of halogens is 1. The number of morpholine rings is 1. The largest absolute Gasteiger partial charge is 0.378 e. The number of carbonyl (C=O) groups is 3. The molecule has 36 heavy (non-hydrogen) atoms. The number of ether oxygens (including phenoxy) is 1. The number of fused-ring (bicyclic) bond motifs is 1. The highest BCUT2D eigenvalue weighted by Gasteiger charge is 2.24. The highest BCUT2D eigenvalue weighted by atomic mass is 35.5. The van der Waals surface area contributed by atoms with E-state index in [9.17, 15) is 14.4 Å². The van der Waals surface area contributed by atoms with Gasteiger partial charge in [-0.15, -0.1) is 11.3 Å². The van der Waals surface area contributed by atoms with Crippen LogP contribution in [0, 0.1) is 0 Å². The molecule has 1 atom stereocenters. The number of urea groups is 1. The van der Waals surface area contributed by atoms with Crippen LogP contribution in [-0.2, 0) is 22.4 Å². The number of anilines is 1. The van der Waals surface area contributed by atoms with E-state index < -0.39 is 6.04 Å². The fourth-order valence-corrected chi connectivity index (χ4v) is 5.23. The first kappa shape index (κ1) is 26.4. The Kier molecular flexibility index (Phi) is 9.19. The Balaban J connectivity index is 1.40. The van der Waals surface area contributed by atoms with Gasteiger partial charge in [-0.2, -0.15) is 0 Å². The van der Waals surface area contributed by atoms with Crippen LogP contribution in [0.5, 0.6) is 0 Å². The predicted octanol–water partition coefficient (Wildman–Crippen LogP) is 2.60. The normalized spacial score (nSPS) is 17.0. The van der Waals surface area contributed by atoms with Gasteiger partial charge in [0.25, 0.3) is 5.91 Å². The van der Waals surface area contributed by atoms with Crippen molar-refractivity contribution in [2.75, 3.05) is 58.3 Å². The highest BCUT2D eigenvalue weighted by Crippen LogP contribution is 2.22. The topological polar surface area (TPSA) is 103 Å². The number of benzene rings is 1. The number of likely N-dealkylation sites (N-methyl/N-ethyl adjacent to an activating group) is 1. The van der Waals surface area contributed by atoms with Crippen LogP contribution >= 0.6 is 22.9 Å². The standard InChI is InChI=1S/C25H32ClN5O4S/c1-30-10-7-17-2-3-19(16-18(17)8-11-30)28-23(32)20(29-24(33)21-4-5-22(26)36-21)6-9-27-25(34)31-12-14-35-15-13-31/h2-5,16,20H,6-15H2,1H3,(H,27,34)(H,28,32)(H,29,33)/t20-/m1/s1. The third-order valence-corrected chi connectivity index (χ3v) is 7.66. The van der Waals surface area contributed by atoms with Crippen molar-refractivity contribution >= 4 is 46.5 Å². The van der Waals surface area contributed by atoms with E-state index in [4.69, 9.17) is 16.3 Å². The fraction of sp³-hybridized carbons (Fsp3) is 0.480. The van der Waals surface area contributed by atoms with Crippen molar-refractivity contribution in [2.24, 2.45) is 0 Å². The van der Waals surface area contributed by atoms with Crippen LogP contribution in [-0.4, -0.2) is 86.7 Å². The molecule has 194 valence electrons. The average molecular weight is 534 g/mol. The van der Waals surface area contributed by atoms with Gasteiger partial charge in [0.2, 0.25) is 5.91 Å². The van der Waals surface area contributed by atoms with Gasteiger partial charge in [0.15, 0.2) is 0 Å². The van der Waals surface area contributed by atoms with E-state index in [0.717, 1.165) is 37.3 Å². The molecule has 2 aliphatic rings. The summed E-state index contributed by atoms with van der Waals surface area (Å²) in [7, 11) is 2.11. The molecule has 4 amide bonds. The smallest absolute Gasteiger partial charge is 0.317 e. The summed E-state index contributed by atoms with van der Waals surface area (Å²) in [5.74, 6) is -0.714. The van der Waals surface area contributed by atoms with Crippen LogP contribution in [0.4, 0.5) is 10.5 Å². The molecular weight excluding hydrogens is 502 g/mol. The Hall–Kier alpha value is -2.66. The van der Waals surface area contributed by atoms with Gasteiger partial charge in [0.1, 0.15) is 6.04 Å². The maximum Gasteiger partial charge on any atom is 0.317 e. The van der Waals surface area contributed by atoms with Gasteiger partial charge >= 0.3 is 6.03 Å². The van der Waals surface area contributed by atoms with Crippen LogP contribution in [0.1, 0.15) is 27.2 Å². The summed E-state index contributed by atoms with van der Waals surface area (Å²) in [5, 5.41) is 8.61. The summed E-state index contributed by atoms with van der Waals surface area (Å²) in [5.41, 5.74) is 3.21. The highest BCUT2D eigenvalue weighted by molar-refractivity contribution is 7.18. The van der Waals surface area contributed by atoms with Crippen molar-refractivity contribution in [3.05, 3.63) is 50.7 Å². The minimum atomic E-state index is -0.840. The average Bonchev–Trinajstić information content (AvgIpc) is 3.24. The molecule has 2 aromatic rings. The Bertz CT molecular complexity index is 1090. The lowest BCUT2D eigenvalue weighted by molar-refractivity contribution is -0.118. The molecule has 1 aromatic heterocycles. The Labute approximate surface area is 220 Å². The van der Waals surface area contributed by atoms with Crippen LogP contribution in [0.15, 0.2) is 30.3 Å². The van der Waals surface area contributed by atoms with Gasteiger partial charge in [0.05, 0.1) is 22.4 Å². The maximum absolute atomic E-state index is 13.3. The lowest BCUT2D eigenvalue weighted by Crippen LogP contribution is -2.49. The van der Waals surface area contributed by atoms with Crippen molar-refractivity contribution in [1.29, 1.82) is 0 Å². The molecule has 3 N–H and O–H groups in total. The third kappa shape index (κ3) is 7.19. The van der Waals surface area contributed by atoms with E-state index in [1.807, 2.05) is 12.1 Å². The first-order valence-corrected chi connectivity index (χ1v) is 13.4. The monoisotopic (exact) mass is 533 g/mol. The van der Waals surface area contributed by atoms with Gasteiger partial charge in [0, 0.05) is 38.4 Å². The molecule has 0 aliphatic carbocycles. The zero-order valence-corrected chi connectivity index (χ0v) is 21.9. The molecule has 4 rings (SSSR count). The van der Waals surface area contributed by atoms with E-state index in [2.05, 4.69) is 34.0 Å². The van der Waals surface area contributed by atoms with Crippen molar-refractivity contribution in [1.82, 2.24) is 20.4 Å². The minimum Gasteiger partial charge on any atom is -0.378 e. The van der Waals surface area contributed by atoms with Crippen LogP contribution in [0.25, 0.3) is 0 Å². The van der Waals surface area contributed by atoms with Crippen LogP contribution < -0.4 is 16.0 Å². The second-order valence-corrected chi connectivity index (χ2v) is 10.7. The summed E-state index contributed by atoms with van der Waals surface area (Å²) < 4.78 is 5.78. The zero-order chi connectivity index (χ0) is 25.5. The molecule has 1 saturated heterocycles. The zero-order valence-electron chi connectivity index (χ0n) is 20.3. The number of amides is 4. The summed E-state index contributed by atoms with van der Waals surface area (Å²) in [6, 6.07) is 8.21. The Morgan fingerprint density at radius 3 is 2.53 bits per heavy atom. The number of hydrogen-bond donors (Lipinski definition) is 3. The molecule has 0 unspecified atom stereocenters. The number of rotatable bonds is 7. The number of nitrogens with zero attached hydrogens (tertiary/aromatic N) is 2. The maximum atomic E-state index is 13.3. The summed E-state index contributed by atoms with van der Waals surface area (Å²) in [6.45, 7) is 4.28. The van der Waals surface area contributed by atoms with E-state index in [1.54, 1.807) is 17.0 Å². The summed E-state index contributed by atoms with van der Waals surface area (Å²) in [4.78, 5) is 42.9. The molecule has 1 fully saturated rings. The van der Waals surface area contributed by atoms with Crippen molar-refractivity contribution in [2.45, 2.75) is 25.3 Å². The van der Waals surface area contributed by atoms with Gasteiger partial charge < -0.3 is 30.5 Å². The molecular formula is C25H32ClN5O4S. The molecule has 11 heteroatoms. The lowest BCUT2D eigenvalue weighted by atomic mass is 10.0. The quantitative estimate of drug-likeness (QED) is 0.507. The van der Waals surface area contributed by atoms with E-state index in [1.165, 1.54) is 11.1 Å².